The third-order valence-corrected chi connectivity index (χ3v) is 4.28. The first-order chi connectivity index (χ1) is 10.8. The molecule has 0 amide bonds. The van der Waals surface area contributed by atoms with Gasteiger partial charge in [0.25, 0.3) is 0 Å². The van der Waals surface area contributed by atoms with Crippen LogP contribution < -0.4 is 4.90 Å². The molecular formula is C16H22N2O4. The minimum atomic E-state index is -0.414. The highest BCUT2D eigenvalue weighted by atomic mass is 16.5. The molecule has 1 aromatic rings. The number of carbonyl (C=O) groups excluding carboxylic acids is 1. The van der Waals surface area contributed by atoms with Crippen molar-refractivity contribution >= 4 is 12.0 Å². The molecule has 120 valence electrons. The van der Waals surface area contributed by atoms with Crippen LogP contribution in [0.2, 0.25) is 0 Å². The molecule has 1 atom stereocenters. The van der Waals surface area contributed by atoms with Crippen molar-refractivity contribution in [2.24, 2.45) is 0 Å². The van der Waals surface area contributed by atoms with Gasteiger partial charge in [0.15, 0.2) is 0 Å². The summed E-state index contributed by atoms with van der Waals surface area (Å²) in [6.07, 6.45) is 0.898. The molecule has 0 bridgehead atoms. The lowest BCUT2D eigenvalue weighted by Gasteiger charge is -2.32. The first-order valence-corrected chi connectivity index (χ1v) is 7.72. The van der Waals surface area contributed by atoms with Crippen LogP contribution in [0, 0.1) is 0 Å². The quantitative estimate of drug-likeness (QED) is 0.830. The van der Waals surface area contributed by atoms with Crippen molar-refractivity contribution in [3.05, 3.63) is 23.8 Å². The van der Waals surface area contributed by atoms with Crippen LogP contribution in [-0.2, 0) is 14.3 Å². The number of benzene rings is 1. The summed E-state index contributed by atoms with van der Waals surface area (Å²) < 4.78 is 10.7. The second-order valence-electron chi connectivity index (χ2n) is 5.57. The van der Waals surface area contributed by atoms with Crippen LogP contribution in [0.3, 0.4) is 0 Å². The van der Waals surface area contributed by atoms with Crippen LogP contribution in [0.1, 0.15) is 11.6 Å². The van der Waals surface area contributed by atoms with Crippen molar-refractivity contribution in [1.29, 1.82) is 0 Å². The Morgan fingerprint density at radius 2 is 1.68 bits per heavy atom. The fourth-order valence-electron chi connectivity index (χ4n) is 3.01. The number of carbonyl (C=O) groups is 1. The Hall–Kier alpha value is -1.63. The number of morpholine rings is 2. The molecule has 0 saturated carbocycles. The number of aldehydes is 1. The lowest BCUT2D eigenvalue weighted by Crippen LogP contribution is -2.39. The number of phenols is 1. The van der Waals surface area contributed by atoms with Crippen LogP contribution in [0.5, 0.6) is 5.75 Å². The maximum Gasteiger partial charge on any atom is 0.141 e. The van der Waals surface area contributed by atoms with E-state index in [0.717, 1.165) is 25.1 Å². The van der Waals surface area contributed by atoms with Crippen molar-refractivity contribution in [3.8, 4) is 5.75 Å². The number of hydrogen-bond donors (Lipinski definition) is 1. The van der Waals surface area contributed by atoms with E-state index in [1.54, 1.807) is 6.07 Å². The van der Waals surface area contributed by atoms with Crippen LogP contribution in [-0.4, -0.2) is 68.9 Å². The number of phenolic OH excluding ortho intramolecular Hbond substituents is 1. The van der Waals surface area contributed by atoms with E-state index in [2.05, 4.69) is 4.90 Å². The van der Waals surface area contributed by atoms with Gasteiger partial charge in [-0.2, -0.15) is 0 Å². The summed E-state index contributed by atoms with van der Waals surface area (Å²) in [7, 11) is 0. The van der Waals surface area contributed by atoms with E-state index in [1.807, 2.05) is 17.0 Å². The third kappa shape index (κ3) is 3.24. The molecular weight excluding hydrogens is 284 g/mol. The second-order valence-corrected chi connectivity index (χ2v) is 5.57. The van der Waals surface area contributed by atoms with E-state index in [1.165, 1.54) is 0 Å². The number of ether oxygens (including phenoxy) is 2. The van der Waals surface area contributed by atoms with Gasteiger partial charge >= 0.3 is 0 Å². The normalized spacial score (nSPS) is 21.5. The first kappa shape index (κ1) is 15.3. The maximum absolute atomic E-state index is 11.5. The molecule has 0 radical (unpaired) electrons. The summed E-state index contributed by atoms with van der Waals surface area (Å²) in [5.41, 5.74) is 1.63. The highest BCUT2D eigenvalue weighted by molar-refractivity contribution is 5.66. The molecule has 2 heterocycles. The van der Waals surface area contributed by atoms with Gasteiger partial charge in [-0.1, -0.05) is 6.07 Å². The fourth-order valence-corrected chi connectivity index (χ4v) is 3.01. The average molecular weight is 306 g/mol. The summed E-state index contributed by atoms with van der Waals surface area (Å²) in [5.74, 6) is 0.174. The summed E-state index contributed by atoms with van der Waals surface area (Å²) in [6.45, 7) is 5.69. The topological polar surface area (TPSA) is 62.2 Å². The standard InChI is InChI=1S/C16H22N2O4/c19-12-15(18-5-9-22-10-6-18)14-2-1-13(11-16(14)20)17-3-7-21-8-4-17/h1-2,11-12,15,20H,3-10H2. The molecule has 2 fully saturated rings. The van der Waals surface area contributed by atoms with Crippen molar-refractivity contribution in [1.82, 2.24) is 4.90 Å². The zero-order valence-corrected chi connectivity index (χ0v) is 12.6. The Morgan fingerprint density at radius 3 is 2.27 bits per heavy atom. The predicted molar refractivity (Wildman–Crippen MR) is 82.3 cm³/mol. The highest BCUT2D eigenvalue weighted by Crippen LogP contribution is 2.32. The number of hydrogen-bond acceptors (Lipinski definition) is 6. The summed E-state index contributed by atoms with van der Waals surface area (Å²) in [5, 5.41) is 10.4. The van der Waals surface area contributed by atoms with Crippen LogP contribution in [0.15, 0.2) is 18.2 Å². The third-order valence-electron chi connectivity index (χ3n) is 4.28. The number of nitrogens with zero attached hydrogens (tertiary/aromatic N) is 2. The van der Waals surface area contributed by atoms with Crippen LogP contribution in [0.4, 0.5) is 5.69 Å². The molecule has 3 rings (SSSR count). The van der Waals surface area contributed by atoms with Gasteiger partial charge in [-0.25, -0.2) is 0 Å². The number of aromatic hydroxyl groups is 1. The van der Waals surface area contributed by atoms with Gasteiger partial charge in [0.05, 0.1) is 32.5 Å². The van der Waals surface area contributed by atoms with Gasteiger partial charge in [0.1, 0.15) is 12.0 Å². The summed E-state index contributed by atoms with van der Waals surface area (Å²) in [6, 6.07) is 5.16. The van der Waals surface area contributed by atoms with Gasteiger partial charge in [-0.3, -0.25) is 4.90 Å². The fraction of sp³-hybridized carbons (Fsp3) is 0.562. The SMILES string of the molecule is O=CC(c1ccc(N2CCOCC2)cc1O)N1CCOCC1. The smallest absolute Gasteiger partial charge is 0.141 e. The lowest BCUT2D eigenvalue weighted by atomic mass is 10.0. The van der Waals surface area contributed by atoms with E-state index in [-0.39, 0.29) is 5.75 Å². The van der Waals surface area contributed by atoms with Crippen molar-refractivity contribution in [2.45, 2.75) is 6.04 Å². The first-order valence-electron chi connectivity index (χ1n) is 7.72. The highest BCUT2D eigenvalue weighted by Gasteiger charge is 2.25. The van der Waals surface area contributed by atoms with Gasteiger partial charge in [0, 0.05) is 43.5 Å². The Kier molecular flexibility index (Phi) is 4.92. The van der Waals surface area contributed by atoms with E-state index in [0.29, 0.717) is 45.1 Å². The largest absolute Gasteiger partial charge is 0.508 e. The van der Waals surface area contributed by atoms with Gasteiger partial charge in [-0.05, 0) is 6.07 Å². The van der Waals surface area contributed by atoms with Crippen LogP contribution >= 0.6 is 0 Å². The van der Waals surface area contributed by atoms with Gasteiger partial charge in [0.2, 0.25) is 0 Å². The molecule has 1 N–H and O–H groups in total. The van der Waals surface area contributed by atoms with Crippen molar-refractivity contribution < 1.29 is 19.4 Å². The Bertz CT molecular complexity index is 511. The molecule has 22 heavy (non-hydrogen) atoms. The zero-order valence-electron chi connectivity index (χ0n) is 12.6. The summed E-state index contributed by atoms with van der Waals surface area (Å²) in [4.78, 5) is 15.7. The number of anilines is 1. The van der Waals surface area contributed by atoms with Gasteiger partial charge in [-0.15, -0.1) is 0 Å². The molecule has 0 aliphatic carbocycles. The van der Waals surface area contributed by atoms with Crippen molar-refractivity contribution in [3.63, 3.8) is 0 Å². The zero-order chi connectivity index (χ0) is 15.4. The van der Waals surface area contributed by atoms with E-state index in [9.17, 15) is 9.90 Å². The Balaban J connectivity index is 1.79. The molecule has 6 nitrogen and oxygen atoms in total. The average Bonchev–Trinajstić information content (AvgIpc) is 2.59. The molecule has 2 aliphatic rings. The maximum atomic E-state index is 11.5. The molecule has 1 unspecified atom stereocenters. The monoisotopic (exact) mass is 306 g/mol. The lowest BCUT2D eigenvalue weighted by molar-refractivity contribution is -0.114. The molecule has 0 spiro atoms. The van der Waals surface area contributed by atoms with E-state index >= 15 is 0 Å². The molecule has 2 saturated heterocycles. The second kappa shape index (κ2) is 7.09. The van der Waals surface area contributed by atoms with Crippen molar-refractivity contribution in [2.75, 3.05) is 57.5 Å². The van der Waals surface area contributed by atoms with Gasteiger partial charge < -0.3 is 24.3 Å². The Morgan fingerprint density at radius 1 is 1.05 bits per heavy atom. The minimum Gasteiger partial charge on any atom is -0.508 e. The predicted octanol–water partition coefficient (Wildman–Crippen LogP) is 0.801. The van der Waals surface area contributed by atoms with E-state index < -0.39 is 6.04 Å². The minimum absolute atomic E-state index is 0.174. The number of rotatable bonds is 4. The van der Waals surface area contributed by atoms with Crippen LogP contribution in [0.25, 0.3) is 0 Å². The molecule has 6 heteroatoms. The molecule has 0 aromatic heterocycles. The molecule has 2 aliphatic heterocycles. The Labute approximate surface area is 130 Å². The van der Waals surface area contributed by atoms with E-state index in [4.69, 9.17) is 9.47 Å². The molecule has 1 aromatic carbocycles. The summed E-state index contributed by atoms with van der Waals surface area (Å²) >= 11 is 0.